The Balaban J connectivity index is 1.79. The fourth-order valence-electron chi connectivity index (χ4n) is 2.17. The fraction of sp³-hybridized carbons (Fsp3) is 0.375. The average molecular weight is 269 g/mol. The Bertz CT molecular complexity index is 537. The lowest BCUT2D eigenvalue weighted by Crippen LogP contribution is -2.23. The van der Waals surface area contributed by atoms with Crippen LogP contribution in [0.4, 0.5) is 0 Å². The van der Waals surface area contributed by atoms with Crippen molar-refractivity contribution >= 4 is 0 Å². The number of ether oxygens (including phenoxy) is 1. The molecular formula is C16H19N3O. The molecule has 0 radical (unpaired) electrons. The zero-order valence-electron chi connectivity index (χ0n) is 11.6. The van der Waals surface area contributed by atoms with Crippen LogP contribution in [-0.4, -0.2) is 22.6 Å². The molecule has 1 aromatic heterocycles. The minimum absolute atomic E-state index is 0.0728. The van der Waals surface area contributed by atoms with Crippen LogP contribution in [-0.2, 0) is 0 Å². The number of aromatic nitrogens is 2. The summed E-state index contributed by atoms with van der Waals surface area (Å²) in [6.45, 7) is 2.97. The van der Waals surface area contributed by atoms with Gasteiger partial charge in [-0.3, -0.25) is 9.97 Å². The molecule has 1 aliphatic carbocycles. The molecule has 1 atom stereocenters. The maximum atomic E-state index is 5.78. The van der Waals surface area contributed by atoms with Crippen LogP contribution >= 0.6 is 0 Å². The first-order chi connectivity index (χ1) is 9.86. The van der Waals surface area contributed by atoms with E-state index in [1.54, 1.807) is 12.4 Å². The average Bonchev–Trinajstić information content (AvgIpc) is 3.31. The van der Waals surface area contributed by atoms with E-state index in [1.807, 2.05) is 18.3 Å². The minimum atomic E-state index is 0.0728. The zero-order chi connectivity index (χ0) is 13.8. The number of hydrogen-bond acceptors (Lipinski definition) is 4. The molecule has 0 saturated heterocycles. The topological polar surface area (TPSA) is 47.0 Å². The van der Waals surface area contributed by atoms with E-state index < -0.39 is 0 Å². The number of hydrogen-bond donors (Lipinski definition) is 1. The van der Waals surface area contributed by atoms with E-state index in [4.69, 9.17) is 4.74 Å². The van der Waals surface area contributed by atoms with Crippen molar-refractivity contribution in [3.63, 3.8) is 0 Å². The third-order valence-corrected chi connectivity index (χ3v) is 3.33. The fourth-order valence-corrected chi connectivity index (χ4v) is 2.17. The summed E-state index contributed by atoms with van der Waals surface area (Å²) in [5.74, 6) is 0.950. The summed E-state index contributed by atoms with van der Waals surface area (Å²) in [5.41, 5.74) is 2.11. The van der Waals surface area contributed by atoms with Gasteiger partial charge in [-0.1, -0.05) is 19.1 Å². The minimum Gasteiger partial charge on any atom is -0.490 e. The lowest BCUT2D eigenvalue weighted by Gasteiger charge is -2.17. The van der Waals surface area contributed by atoms with Crippen LogP contribution < -0.4 is 10.1 Å². The molecule has 0 spiro atoms. The zero-order valence-corrected chi connectivity index (χ0v) is 11.6. The molecule has 1 heterocycles. The van der Waals surface area contributed by atoms with Gasteiger partial charge in [0.25, 0.3) is 0 Å². The number of nitrogens with zero attached hydrogens (tertiary/aromatic N) is 2. The van der Waals surface area contributed by atoms with Crippen molar-refractivity contribution < 1.29 is 4.74 Å². The molecule has 104 valence electrons. The van der Waals surface area contributed by atoms with Crippen LogP contribution in [0.5, 0.6) is 5.75 Å². The van der Waals surface area contributed by atoms with Gasteiger partial charge in [-0.25, -0.2) is 0 Å². The molecule has 0 amide bonds. The smallest absolute Gasteiger partial charge is 0.119 e. The molecule has 1 unspecified atom stereocenters. The Morgan fingerprint density at radius 2 is 2.05 bits per heavy atom. The predicted molar refractivity (Wildman–Crippen MR) is 77.6 cm³/mol. The van der Waals surface area contributed by atoms with E-state index in [1.165, 1.54) is 18.4 Å². The standard InChI is InChI=1S/C16H19N3O/c1-2-18-16(15-11-17-9-10-19-15)12-3-5-13(6-4-12)20-14-7-8-14/h3-6,9-11,14,16,18H,2,7-8H2,1H3. The van der Waals surface area contributed by atoms with Gasteiger partial charge in [0.05, 0.1) is 24.0 Å². The van der Waals surface area contributed by atoms with Gasteiger partial charge in [-0.05, 0) is 37.1 Å². The third-order valence-electron chi connectivity index (χ3n) is 3.33. The Labute approximate surface area is 119 Å². The first kappa shape index (κ1) is 13.1. The lowest BCUT2D eigenvalue weighted by molar-refractivity contribution is 0.303. The summed E-state index contributed by atoms with van der Waals surface area (Å²) < 4.78 is 5.78. The van der Waals surface area contributed by atoms with Crippen LogP contribution in [0.15, 0.2) is 42.9 Å². The van der Waals surface area contributed by atoms with E-state index in [0.29, 0.717) is 6.10 Å². The summed E-state index contributed by atoms with van der Waals surface area (Å²) in [6.07, 6.45) is 8.03. The summed E-state index contributed by atoms with van der Waals surface area (Å²) in [5, 5.41) is 3.44. The number of benzene rings is 1. The maximum Gasteiger partial charge on any atom is 0.119 e. The summed E-state index contributed by atoms with van der Waals surface area (Å²) in [4.78, 5) is 8.55. The van der Waals surface area contributed by atoms with E-state index in [0.717, 1.165) is 18.0 Å². The van der Waals surface area contributed by atoms with Gasteiger partial charge < -0.3 is 10.1 Å². The highest BCUT2D eigenvalue weighted by molar-refractivity contribution is 5.33. The molecule has 1 N–H and O–H groups in total. The van der Waals surface area contributed by atoms with Crippen molar-refractivity contribution in [3.8, 4) is 5.75 Å². The Hall–Kier alpha value is -1.94. The molecule has 0 aliphatic heterocycles. The Morgan fingerprint density at radius 1 is 1.25 bits per heavy atom. The van der Waals surface area contributed by atoms with Crippen molar-refractivity contribution in [2.75, 3.05) is 6.54 Å². The monoisotopic (exact) mass is 269 g/mol. The van der Waals surface area contributed by atoms with Gasteiger partial charge in [-0.15, -0.1) is 0 Å². The van der Waals surface area contributed by atoms with E-state index in [-0.39, 0.29) is 6.04 Å². The van der Waals surface area contributed by atoms with E-state index in [9.17, 15) is 0 Å². The Kier molecular flexibility index (Phi) is 3.92. The molecule has 0 bridgehead atoms. The molecule has 1 aliphatic rings. The lowest BCUT2D eigenvalue weighted by atomic mass is 10.0. The summed E-state index contributed by atoms with van der Waals surface area (Å²) in [7, 11) is 0. The molecule has 3 rings (SSSR count). The molecule has 4 heteroatoms. The van der Waals surface area contributed by atoms with Crippen LogP contribution in [0.25, 0.3) is 0 Å². The molecule has 4 nitrogen and oxygen atoms in total. The molecule has 1 saturated carbocycles. The molecule has 1 aromatic carbocycles. The quantitative estimate of drug-likeness (QED) is 0.876. The summed E-state index contributed by atoms with van der Waals surface area (Å²) in [6, 6.07) is 8.34. The molecule has 2 aromatic rings. The van der Waals surface area contributed by atoms with Crippen molar-refractivity contribution in [3.05, 3.63) is 54.1 Å². The predicted octanol–water partition coefficient (Wildman–Crippen LogP) is 2.72. The second-order valence-corrected chi connectivity index (χ2v) is 5.01. The maximum absolute atomic E-state index is 5.78. The summed E-state index contributed by atoms with van der Waals surface area (Å²) >= 11 is 0. The van der Waals surface area contributed by atoms with Gasteiger partial charge in [0, 0.05) is 12.4 Å². The second-order valence-electron chi connectivity index (χ2n) is 5.01. The number of rotatable bonds is 6. The van der Waals surface area contributed by atoms with Crippen LogP contribution in [0.1, 0.15) is 37.1 Å². The van der Waals surface area contributed by atoms with Crippen molar-refractivity contribution in [1.29, 1.82) is 0 Å². The van der Waals surface area contributed by atoms with Gasteiger partial charge >= 0.3 is 0 Å². The third kappa shape index (κ3) is 3.14. The van der Waals surface area contributed by atoms with Crippen molar-refractivity contribution in [2.24, 2.45) is 0 Å². The van der Waals surface area contributed by atoms with Crippen LogP contribution in [0.3, 0.4) is 0 Å². The van der Waals surface area contributed by atoms with Crippen LogP contribution in [0, 0.1) is 0 Å². The first-order valence-electron chi connectivity index (χ1n) is 7.12. The van der Waals surface area contributed by atoms with Crippen molar-refractivity contribution in [2.45, 2.75) is 31.9 Å². The highest BCUT2D eigenvalue weighted by atomic mass is 16.5. The first-order valence-corrected chi connectivity index (χ1v) is 7.12. The van der Waals surface area contributed by atoms with Crippen molar-refractivity contribution in [1.82, 2.24) is 15.3 Å². The van der Waals surface area contributed by atoms with Gasteiger partial charge in [0.2, 0.25) is 0 Å². The SMILES string of the molecule is CCNC(c1ccc(OC2CC2)cc1)c1cnccn1. The Morgan fingerprint density at radius 3 is 2.65 bits per heavy atom. The van der Waals surface area contributed by atoms with E-state index >= 15 is 0 Å². The van der Waals surface area contributed by atoms with Gasteiger partial charge in [-0.2, -0.15) is 0 Å². The van der Waals surface area contributed by atoms with Gasteiger partial charge in [0.1, 0.15) is 5.75 Å². The largest absolute Gasteiger partial charge is 0.490 e. The molecule has 1 fully saturated rings. The molecular weight excluding hydrogens is 250 g/mol. The van der Waals surface area contributed by atoms with Crippen LogP contribution in [0.2, 0.25) is 0 Å². The highest BCUT2D eigenvalue weighted by Gasteiger charge is 2.23. The number of nitrogens with one attached hydrogen (secondary N) is 1. The normalized spacial score (nSPS) is 15.8. The second kappa shape index (κ2) is 6.01. The van der Waals surface area contributed by atoms with Gasteiger partial charge in [0.15, 0.2) is 0 Å². The molecule has 20 heavy (non-hydrogen) atoms. The van der Waals surface area contributed by atoms with E-state index in [2.05, 4.69) is 34.3 Å². The highest BCUT2D eigenvalue weighted by Crippen LogP contribution is 2.28.